The summed E-state index contributed by atoms with van der Waals surface area (Å²) in [6.07, 6.45) is 4.16. The Hall–Kier alpha value is -2.16. The number of hydrogen-bond donors (Lipinski definition) is 1. The van der Waals surface area contributed by atoms with Gasteiger partial charge < -0.3 is 4.98 Å². The van der Waals surface area contributed by atoms with E-state index in [1.807, 2.05) is 18.3 Å². The van der Waals surface area contributed by atoms with E-state index < -0.39 is 0 Å². The van der Waals surface area contributed by atoms with Crippen molar-refractivity contribution in [3.05, 3.63) is 47.7 Å². The van der Waals surface area contributed by atoms with Crippen LogP contribution in [0.5, 0.6) is 0 Å². The lowest BCUT2D eigenvalue weighted by Gasteiger charge is -1.99. The van der Waals surface area contributed by atoms with Crippen molar-refractivity contribution in [1.29, 1.82) is 0 Å². The second-order valence-electron chi connectivity index (χ2n) is 4.91. The van der Waals surface area contributed by atoms with Crippen LogP contribution in [0.3, 0.4) is 0 Å². The molecule has 0 amide bonds. The largest absolute Gasteiger partial charge is 0.337 e. The molecule has 2 heterocycles. The number of H-pyrrole nitrogens is 1. The van der Waals surface area contributed by atoms with Crippen LogP contribution in [0.2, 0.25) is 0 Å². The molecule has 1 aromatic carbocycles. The lowest BCUT2D eigenvalue weighted by atomic mass is 10.1. The van der Waals surface area contributed by atoms with Gasteiger partial charge in [0.05, 0.1) is 11.0 Å². The second kappa shape index (κ2) is 4.84. The number of aryl methyl sites for hydroxylation is 2. The molecule has 0 bridgehead atoms. The SMILES string of the molecule is CCCc1ccc(-c2nc3ccc(C)cc3[nH]2)nc1. The van der Waals surface area contributed by atoms with Gasteiger partial charge in [0.2, 0.25) is 0 Å². The monoisotopic (exact) mass is 251 g/mol. The number of nitrogens with one attached hydrogen (secondary N) is 1. The molecule has 1 N–H and O–H groups in total. The molecule has 96 valence electrons. The van der Waals surface area contributed by atoms with E-state index in [2.05, 4.69) is 47.0 Å². The average molecular weight is 251 g/mol. The zero-order chi connectivity index (χ0) is 13.2. The molecular weight excluding hydrogens is 234 g/mol. The molecule has 19 heavy (non-hydrogen) atoms. The number of pyridine rings is 1. The molecule has 0 unspecified atom stereocenters. The molecule has 3 rings (SSSR count). The maximum absolute atomic E-state index is 4.58. The summed E-state index contributed by atoms with van der Waals surface area (Å²) < 4.78 is 0. The molecule has 0 fully saturated rings. The van der Waals surface area contributed by atoms with Gasteiger partial charge in [-0.05, 0) is 42.7 Å². The van der Waals surface area contributed by atoms with Crippen LogP contribution in [-0.2, 0) is 6.42 Å². The van der Waals surface area contributed by atoms with E-state index in [-0.39, 0.29) is 0 Å². The average Bonchev–Trinajstić information content (AvgIpc) is 2.83. The smallest absolute Gasteiger partial charge is 0.157 e. The fraction of sp³-hybridized carbons (Fsp3) is 0.250. The standard InChI is InChI=1S/C16H17N3/c1-3-4-12-6-8-14(17-10-12)16-18-13-7-5-11(2)9-15(13)19-16/h5-10H,3-4H2,1-2H3,(H,18,19). The normalized spacial score (nSPS) is 11.1. The third kappa shape index (κ3) is 2.36. The zero-order valence-corrected chi connectivity index (χ0v) is 11.3. The number of aromatic nitrogens is 3. The van der Waals surface area contributed by atoms with E-state index in [0.29, 0.717) is 0 Å². The summed E-state index contributed by atoms with van der Waals surface area (Å²) in [5, 5.41) is 0. The highest BCUT2D eigenvalue weighted by Crippen LogP contribution is 2.20. The highest BCUT2D eigenvalue weighted by atomic mass is 14.9. The van der Waals surface area contributed by atoms with Crippen LogP contribution < -0.4 is 0 Å². The third-order valence-electron chi connectivity index (χ3n) is 3.24. The fourth-order valence-electron chi connectivity index (χ4n) is 2.25. The molecule has 3 heteroatoms. The predicted octanol–water partition coefficient (Wildman–Crippen LogP) is 3.89. The first-order valence-corrected chi connectivity index (χ1v) is 6.68. The first-order chi connectivity index (χ1) is 9.26. The lowest BCUT2D eigenvalue weighted by molar-refractivity contribution is 0.914. The number of imidazole rings is 1. The minimum absolute atomic E-state index is 0.837. The van der Waals surface area contributed by atoms with Gasteiger partial charge in [0.15, 0.2) is 5.82 Å². The van der Waals surface area contributed by atoms with Crippen molar-refractivity contribution in [2.45, 2.75) is 26.7 Å². The number of aromatic amines is 1. The Morgan fingerprint density at radius 3 is 2.79 bits per heavy atom. The maximum atomic E-state index is 4.58. The van der Waals surface area contributed by atoms with Gasteiger partial charge in [-0.15, -0.1) is 0 Å². The van der Waals surface area contributed by atoms with Crippen LogP contribution >= 0.6 is 0 Å². The molecule has 0 atom stereocenters. The first-order valence-electron chi connectivity index (χ1n) is 6.68. The molecule has 3 nitrogen and oxygen atoms in total. The zero-order valence-electron chi connectivity index (χ0n) is 11.3. The molecule has 0 spiro atoms. The van der Waals surface area contributed by atoms with Crippen LogP contribution in [0, 0.1) is 6.92 Å². The van der Waals surface area contributed by atoms with E-state index >= 15 is 0 Å². The predicted molar refractivity (Wildman–Crippen MR) is 78.1 cm³/mol. The van der Waals surface area contributed by atoms with Crippen LogP contribution in [0.1, 0.15) is 24.5 Å². The van der Waals surface area contributed by atoms with Gasteiger partial charge in [-0.2, -0.15) is 0 Å². The molecule has 0 radical (unpaired) electrons. The second-order valence-corrected chi connectivity index (χ2v) is 4.91. The Bertz CT molecular complexity index is 696. The molecule has 0 aliphatic rings. The number of hydrogen-bond acceptors (Lipinski definition) is 2. The van der Waals surface area contributed by atoms with Gasteiger partial charge in [-0.25, -0.2) is 4.98 Å². The summed E-state index contributed by atoms with van der Waals surface area (Å²) in [6, 6.07) is 10.4. The van der Waals surface area contributed by atoms with E-state index in [1.165, 1.54) is 11.1 Å². The number of nitrogens with zero attached hydrogens (tertiary/aromatic N) is 2. The van der Waals surface area contributed by atoms with Crippen LogP contribution in [-0.4, -0.2) is 15.0 Å². The van der Waals surface area contributed by atoms with Crippen molar-refractivity contribution in [3.8, 4) is 11.5 Å². The summed E-state index contributed by atoms with van der Waals surface area (Å²) in [6.45, 7) is 4.26. The number of rotatable bonds is 3. The summed E-state index contributed by atoms with van der Waals surface area (Å²) in [5.41, 5.74) is 5.45. The van der Waals surface area contributed by atoms with Crippen LogP contribution in [0.4, 0.5) is 0 Å². The Labute approximate surface area is 112 Å². The quantitative estimate of drug-likeness (QED) is 0.767. The van der Waals surface area contributed by atoms with E-state index in [9.17, 15) is 0 Å². The minimum Gasteiger partial charge on any atom is -0.337 e. The van der Waals surface area contributed by atoms with Crippen molar-refractivity contribution >= 4 is 11.0 Å². The summed E-state index contributed by atoms with van der Waals surface area (Å²) >= 11 is 0. The van der Waals surface area contributed by atoms with E-state index in [1.54, 1.807) is 0 Å². The van der Waals surface area contributed by atoms with Gasteiger partial charge in [0, 0.05) is 6.20 Å². The van der Waals surface area contributed by atoms with Crippen molar-refractivity contribution in [3.63, 3.8) is 0 Å². The third-order valence-corrected chi connectivity index (χ3v) is 3.24. The van der Waals surface area contributed by atoms with Crippen molar-refractivity contribution in [2.75, 3.05) is 0 Å². The molecule has 3 aromatic rings. The minimum atomic E-state index is 0.837. The number of benzene rings is 1. The fourth-order valence-corrected chi connectivity index (χ4v) is 2.25. The molecular formula is C16H17N3. The topological polar surface area (TPSA) is 41.6 Å². The summed E-state index contributed by atoms with van der Waals surface area (Å²) in [5.74, 6) is 0.837. The molecule has 0 saturated carbocycles. The first kappa shape index (κ1) is 11.9. The molecule has 2 aromatic heterocycles. The number of fused-ring (bicyclic) bond motifs is 1. The Kier molecular flexibility index (Phi) is 3.03. The highest BCUT2D eigenvalue weighted by Gasteiger charge is 2.06. The highest BCUT2D eigenvalue weighted by molar-refractivity contribution is 5.79. The van der Waals surface area contributed by atoms with E-state index in [4.69, 9.17) is 0 Å². The summed E-state index contributed by atoms with van der Waals surface area (Å²) in [4.78, 5) is 12.4. The van der Waals surface area contributed by atoms with Gasteiger partial charge in [-0.3, -0.25) is 4.98 Å². The van der Waals surface area contributed by atoms with Gasteiger partial charge in [0.1, 0.15) is 5.69 Å². The van der Waals surface area contributed by atoms with Crippen molar-refractivity contribution < 1.29 is 0 Å². The Morgan fingerprint density at radius 2 is 2.05 bits per heavy atom. The lowest BCUT2D eigenvalue weighted by Crippen LogP contribution is -1.89. The summed E-state index contributed by atoms with van der Waals surface area (Å²) in [7, 11) is 0. The van der Waals surface area contributed by atoms with Crippen LogP contribution in [0.15, 0.2) is 36.5 Å². The van der Waals surface area contributed by atoms with Crippen LogP contribution in [0.25, 0.3) is 22.6 Å². The maximum Gasteiger partial charge on any atom is 0.157 e. The Morgan fingerprint density at radius 1 is 1.16 bits per heavy atom. The van der Waals surface area contributed by atoms with Gasteiger partial charge >= 0.3 is 0 Å². The van der Waals surface area contributed by atoms with Gasteiger partial charge in [0.25, 0.3) is 0 Å². The molecule has 0 saturated heterocycles. The Balaban J connectivity index is 1.99. The van der Waals surface area contributed by atoms with E-state index in [0.717, 1.165) is 35.4 Å². The molecule has 0 aliphatic heterocycles. The van der Waals surface area contributed by atoms with Gasteiger partial charge in [-0.1, -0.05) is 25.5 Å². The van der Waals surface area contributed by atoms with Crippen molar-refractivity contribution in [2.24, 2.45) is 0 Å². The van der Waals surface area contributed by atoms with Crippen molar-refractivity contribution in [1.82, 2.24) is 15.0 Å². The molecule has 0 aliphatic carbocycles.